The van der Waals surface area contributed by atoms with Crippen molar-refractivity contribution >= 4 is 23.4 Å². The van der Waals surface area contributed by atoms with Crippen molar-refractivity contribution in [1.29, 1.82) is 0 Å². The van der Waals surface area contributed by atoms with Crippen LogP contribution >= 0.6 is 0 Å². The number of rotatable bonds is 2. The first kappa shape index (κ1) is 10.2. The summed E-state index contributed by atoms with van der Waals surface area (Å²) >= 11 is 0. The fourth-order valence-corrected chi connectivity index (χ4v) is 1.11. The molecule has 4 nitrogen and oxygen atoms in total. The SMILES string of the molecule is CC(=O)Nc1ccc(N=C=O)c(C)c1. The van der Waals surface area contributed by atoms with Gasteiger partial charge in [0.05, 0.1) is 5.69 Å². The summed E-state index contributed by atoms with van der Waals surface area (Å²) in [7, 11) is 0. The second-order valence-corrected chi connectivity index (χ2v) is 2.89. The van der Waals surface area contributed by atoms with Crippen LogP contribution in [0.4, 0.5) is 11.4 Å². The molecule has 1 N–H and O–H groups in total. The molecule has 0 fully saturated rings. The summed E-state index contributed by atoms with van der Waals surface area (Å²) in [6.45, 7) is 3.24. The average Bonchev–Trinajstić information content (AvgIpc) is 2.09. The molecule has 1 aromatic carbocycles. The number of isocyanates is 1. The highest BCUT2D eigenvalue weighted by Crippen LogP contribution is 2.21. The smallest absolute Gasteiger partial charge is 0.240 e. The monoisotopic (exact) mass is 190 g/mol. The molecule has 4 heteroatoms. The van der Waals surface area contributed by atoms with Gasteiger partial charge in [0.25, 0.3) is 0 Å². The van der Waals surface area contributed by atoms with Crippen molar-refractivity contribution in [3.05, 3.63) is 23.8 Å². The zero-order chi connectivity index (χ0) is 10.6. The van der Waals surface area contributed by atoms with Crippen molar-refractivity contribution in [3.8, 4) is 0 Å². The molecule has 0 saturated carbocycles. The van der Waals surface area contributed by atoms with Crippen molar-refractivity contribution in [1.82, 2.24) is 0 Å². The summed E-state index contributed by atoms with van der Waals surface area (Å²) in [6, 6.07) is 5.09. The highest BCUT2D eigenvalue weighted by atomic mass is 16.1. The quantitative estimate of drug-likeness (QED) is 0.572. The van der Waals surface area contributed by atoms with Gasteiger partial charge in [0.1, 0.15) is 0 Å². The molecule has 14 heavy (non-hydrogen) atoms. The Morgan fingerprint density at radius 1 is 1.50 bits per heavy atom. The van der Waals surface area contributed by atoms with E-state index in [0.29, 0.717) is 11.4 Å². The maximum Gasteiger partial charge on any atom is 0.240 e. The Balaban J connectivity index is 2.99. The van der Waals surface area contributed by atoms with Gasteiger partial charge >= 0.3 is 0 Å². The maximum absolute atomic E-state index is 10.7. The number of amides is 1. The summed E-state index contributed by atoms with van der Waals surface area (Å²) in [6.07, 6.45) is 1.47. The lowest BCUT2D eigenvalue weighted by molar-refractivity contribution is -0.114. The van der Waals surface area contributed by atoms with E-state index in [1.807, 2.05) is 6.92 Å². The van der Waals surface area contributed by atoms with Crippen LogP contribution in [0.25, 0.3) is 0 Å². The molecule has 0 aliphatic rings. The van der Waals surface area contributed by atoms with Gasteiger partial charge in [-0.1, -0.05) is 0 Å². The van der Waals surface area contributed by atoms with Crippen molar-refractivity contribution in [2.45, 2.75) is 13.8 Å². The lowest BCUT2D eigenvalue weighted by Crippen LogP contribution is -2.05. The molecule has 72 valence electrons. The van der Waals surface area contributed by atoms with Gasteiger partial charge in [-0.3, -0.25) is 4.79 Å². The average molecular weight is 190 g/mol. The Morgan fingerprint density at radius 3 is 2.71 bits per heavy atom. The predicted octanol–water partition coefficient (Wildman–Crippen LogP) is 1.92. The Kier molecular flexibility index (Phi) is 3.15. The number of anilines is 1. The molecule has 0 radical (unpaired) electrons. The number of nitrogens with zero attached hydrogens (tertiary/aromatic N) is 1. The minimum Gasteiger partial charge on any atom is -0.326 e. The van der Waals surface area contributed by atoms with Crippen LogP contribution in [-0.4, -0.2) is 12.0 Å². The molecule has 0 atom stereocenters. The molecule has 0 heterocycles. The zero-order valence-electron chi connectivity index (χ0n) is 8.00. The van der Waals surface area contributed by atoms with E-state index >= 15 is 0 Å². The fraction of sp³-hybridized carbons (Fsp3) is 0.200. The van der Waals surface area contributed by atoms with Crippen LogP contribution in [0.5, 0.6) is 0 Å². The summed E-state index contributed by atoms with van der Waals surface area (Å²) in [5, 5.41) is 2.64. The minimum atomic E-state index is -0.129. The first-order chi connectivity index (χ1) is 6.63. The van der Waals surface area contributed by atoms with E-state index in [1.165, 1.54) is 13.0 Å². The lowest BCUT2D eigenvalue weighted by Gasteiger charge is -2.04. The Hall–Kier alpha value is -1.93. The second kappa shape index (κ2) is 4.35. The first-order valence-electron chi connectivity index (χ1n) is 4.09. The van der Waals surface area contributed by atoms with Gasteiger partial charge in [-0.25, -0.2) is 4.79 Å². The zero-order valence-corrected chi connectivity index (χ0v) is 8.00. The minimum absolute atomic E-state index is 0.129. The molecule has 0 unspecified atom stereocenters. The third kappa shape index (κ3) is 2.54. The molecular formula is C10H10N2O2. The van der Waals surface area contributed by atoms with Crippen molar-refractivity contribution in [2.24, 2.45) is 4.99 Å². The van der Waals surface area contributed by atoms with E-state index < -0.39 is 0 Å². The molecule has 0 bridgehead atoms. The summed E-state index contributed by atoms with van der Waals surface area (Å²) in [5.74, 6) is -0.129. The molecule has 0 aliphatic heterocycles. The van der Waals surface area contributed by atoms with Crippen LogP contribution < -0.4 is 5.32 Å². The van der Waals surface area contributed by atoms with E-state index in [1.54, 1.807) is 18.2 Å². The number of benzene rings is 1. The van der Waals surface area contributed by atoms with Gasteiger partial charge in [-0.05, 0) is 30.7 Å². The number of carbonyl (C=O) groups is 1. The molecular weight excluding hydrogens is 180 g/mol. The normalized spacial score (nSPS) is 9.00. The van der Waals surface area contributed by atoms with E-state index in [0.717, 1.165) is 5.56 Å². The lowest BCUT2D eigenvalue weighted by atomic mass is 10.2. The van der Waals surface area contributed by atoms with Crippen LogP contribution in [-0.2, 0) is 9.59 Å². The van der Waals surface area contributed by atoms with Crippen LogP contribution in [0, 0.1) is 6.92 Å². The van der Waals surface area contributed by atoms with Crippen molar-refractivity contribution in [2.75, 3.05) is 5.32 Å². The highest BCUT2D eigenvalue weighted by molar-refractivity contribution is 5.89. The van der Waals surface area contributed by atoms with Gasteiger partial charge in [0, 0.05) is 12.6 Å². The number of aliphatic imine (C=N–C) groups is 1. The number of hydrogen-bond donors (Lipinski definition) is 1. The van der Waals surface area contributed by atoms with Gasteiger partial charge in [0.15, 0.2) is 0 Å². The molecule has 0 aliphatic carbocycles. The van der Waals surface area contributed by atoms with Gasteiger partial charge < -0.3 is 5.32 Å². The van der Waals surface area contributed by atoms with Crippen LogP contribution in [0.2, 0.25) is 0 Å². The Morgan fingerprint density at radius 2 is 2.21 bits per heavy atom. The number of carbonyl (C=O) groups excluding carboxylic acids is 2. The summed E-state index contributed by atoms with van der Waals surface area (Å²) in [5.41, 5.74) is 2.08. The standard InChI is InChI=1S/C10H10N2O2/c1-7-5-9(12-8(2)14)3-4-10(7)11-6-13/h3-5H,1-2H3,(H,12,14). The van der Waals surface area contributed by atoms with Crippen LogP contribution in [0.3, 0.4) is 0 Å². The Labute approximate surface area is 81.7 Å². The first-order valence-corrected chi connectivity index (χ1v) is 4.09. The van der Waals surface area contributed by atoms with E-state index in [-0.39, 0.29) is 5.91 Å². The second-order valence-electron chi connectivity index (χ2n) is 2.89. The van der Waals surface area contributed by atoms with Gasteiger partial charge in [0.2, 0.25) is 12.0 Å². The third-order valence-corrected chi connectivity index (χ3v) is 1.68. The van der Waals surface area contributed by atoms with Crippen LogP contribution in [0.15, 0.2) is 23.2 Å². The van der Waals surface area contributed by atoms with E-state index in [4.69, 9.17) is 0 Å². The number of hydrogen-bond acceptors (Lipinski definition) is 3. The number of nitrogens with one attached hydrogen (secondary N) is 1. The number of aryl methyl sites for hydroxylation is 1. The molecule has 0 aromatic heterocycles. The van der Waals surface area contributed by atoms with Gasteiger partial charge in [-0.2, -0.15) is 4.99 Å². The van der Waals surface area contributed by atoms with E-state index in [2.05, 4.69) is 10.3 Å². The molecule has 0 spiro atoms. The van der Waals surface area contributed by atoms with Crippen molar-refractivity contribution in [3.63, 3.8) is 0 Å². The van der Waals surface area contributed by atoms with E-state index in [9.17, 15) is 9.59 Å². The van der Waals surface area contributed by atoms with Gasteiger partial charge in [-0.15, -0.1) is 0 Å². The molecule has 1 aromatic rings. The van der Waals surface area contributed by atoms with Crippen LogP contribution in [0.1, 0.15) is 12.5 Å². The van der Waals surface area contributed by atoms with Crippen molar-refractivity contribution < 1.29 is 9.59 Å². The predicted molar refractivity (Wildman–Crippen MR) is 53.3 cm³/mol. The maximum atomic E-state index is 10.7. The fourth-order valence-electron chi connectivity index (χ4n) is 1.11. The Bertz CT molecular complexity index is 407. The largest absolute Gasteiger partial charge is 0.326 e. The summed E-state index contributed by atoms with van der Waals surface area (Å²) in [4.78, 5) is 24.3. The highest BCUT2D eigenvalue weighted by Gasteiger charge is 1.99. The molecule has 1 amide bonds. The molecule has 0 saturated heterocycles. The summed E-state index contributed by atoms with van der Waals surface area (Å²) < 4.78 is 0. The topological polar surface area (TPSA) is 58.5 Å². The molecule has 1 rings (SSSR count). The third-order valence-electron chi connectivity index (χ3n) is 1.68.